The van der Waals surface area contributed by atoms with Gasteiger partial charge in [-0.1, -0.05) is 13.0 Å². The Kier molecular flexibility index (Phi) is 3.91. The monoisotopic (exact) mass is 309 g/mol. The van der Waals surface area contributed by atoms with E-state index in [2.05, 4.69) is 28.0 Å². The zero-order valence-corrected chi connectivity index (χ0v) is 12.1. The van der Waals surface area contributed by atoms with Crippen LogP contribution in [0.15, 0.2) is 28.7 Å². The first-order chi connectivity index (χ1) is 8.61. The molecule has 5 heteroatoms. The zero-order chi connectivity index (χ0) is 13.1. The van der Waals surface area contributed by atoms with Crippen LogP contribution in [0.1, 0.15) is 18.3 Å². The second-order valence-corrected chi connectivity index (χ2v) is 4.91. The number of nitrogens with zero attached hydrogens (tertiary/aromatic N) is 2. The van der Waals surface area contributed by atoms with Crippen molar-refractivity contribution in [3.8, 4) is 5.75 Å². The van der Waals surface area contributed by atoms with Crippen LogP contribution >= 0.6 is 15.9 Å². The molecule has 0 radical (unpaired) electrons. The van der Waals surface area contributed by atoms with Gasteiger partial charge in [0.1, 0.15) is 6.61 Å². The molecule has 1 heterocycles. The Hall–Kier alpha value is -1.49. The van der Waals surface area contributed by atoms with Crippen LogP contribution in [0.3, 0.4) is 0 Å². The number of benzene rings is 1. The molecule has 0 aliphatic rings. The average molecular weight is 310 g/mol. The molecular weight excluding hydrogens is 294 g/mol. The van der Waals surface area contributed by atoms with Gasteiger partial charge in [0.15, 0.2) is 5.75 Å². The number of anilines is 1. The molecule has 2 N–H and O–H groups in total. The Bertz CT molecular complexity index is 531. The van der Waals surface area contributed by atoms with Crippen molar-refractivity contribution in [3.05, 3.63) is 40.1 Å². The fraction of sp³-hybridized carbons (Fsp3) is 0.308. The summed E-state index contributed by atoms with van der Waals surface area (Å²) in [4.78, 5) is 0. The molecule has 0 bridgehead atoms. The molecule has 0 atom stereocenters. The number of nitrogen functional groups attached to an aromatic ring is 1. The second kappa shape index (κ2) is 5.44. The minimum absolute atomic E-state index is 0.455. The van der Waals surface area contributed by atoms with Crippen molar-refractivity contribution in [1.29, 1.82) is 0 Å². The Morgan fingerprint density at radius 3 is 2.83 bits per heavy atom. The summed E-state index contributed by atoms with van der Waals surface area (Å²) in [5, 5.41) is 4.38. The highest BCUT2D eigenvalue weighted by Crippen LogP contribution is 2.31. The van der Waals surface area contributed by atoms with E-state index in [1.807, 2.05) is 36.0 Å². The van der Waals surface area contributed by atoms with Gasteiger partial charge in [0.25, 0.3) is 0 Å². The summed E-state index contributed by atoms with van der Waals surface area (Å²) in [7, 11) is 1.92. The molecule has 0 unspecified atom stereocenters. The molecule has 4 nitrogen and oxygen atoms in total. The summed E-state index contributed by atoms with van der Waals surface area (Å²) in [6, 6.07) is 7.66. The lowest BCUT2D eigenvalue weighted by Gasteiger charge is -2.10. The van der Waals surface area contributed by atoms with Crippen LogP contribution in [0.25, 0.3) is 0 Å². The number of hydrogen-bond donors (Lipinski definition) is 1. The number of aromatic nitrogens is 2. The van der Waals surface area contributed by atoms with Crippen molar-refractivity contribution < 1.29 is 4.74 Å². The normalized spacial score (nSPS) is 10.6. The van der Waals surface area contributed by atoms with Crippen molar-refractivity contribution in [3.63, 3.8) is 0 Å². The molecule has 0 saturated heterocycles. The van der Waals surface area contributed by atoms with Crippen molar-refractivity contribution in [2.24, 2.45) is 7.05 Å². The molecule has 2 rings (SSSR count). The highest BCUT2D eigenvalue weighted by Gasteiger charge is 2.08. The largest absolute Gasteiger partial charge is 0.484 e. The third-order valence-corrected chi connectivity index (χ3v) is 3.38. The standard InChI is InChI=1S/C13H16BrN3O/c1-3-9-7-10(17(2)16-9)8-18-13-11(14)5-4-6-12(13)15/h4-7H,3,8,15H2,1-2H3. The molecular formula is C13H16BrN3O. The van der Waals surface area contributed by atoms with Crippen LogP contribution in [-0.2, 0) is 20.1 Å². The molecule has 96 valence electrons. The lowest BCUT2D eigenvalue weighted by atomic mass is 10.3. The van der Waals surface area contributed by atoms with E-state index in [0.29, 0.717) is 18.0 Å². The number of rotatable bonds is 4. The summed E-state index contributed by atoms with van der Waals surface area (Å²) in [6.07, 6.45) is 0.922. The highest BCUT2D eigenvalue weighted by atomic mass is 79.9. The molecule has 0 amide bonds. The number of nitrogens with two attached hydrogens (primary N) is 1. The third kappa shape index (κ3) is 2.67. The summed E-state index contributed by atoms with van der Waals surface area (Å²) in [5.41, 5.74) is 8.60. The maximum atomic E-state index is 5.88. The quantitative estimate of drug-likeness (QED) is 0.884. The van der Waals surface area contributed by atoms with E-state index in [4.69, 9.17) is 10.5 Å². The van der Waals surface area contributed by atoms with Gasteiger partial charge >= 0.3 is 0 Å². The fourth-order valence-corrected chi connectivity index (χ4v) is 2.20. The van der Waals surface area contributed by atoms with Gasteiger partial charge in [-0.2, -0.15) is 5.10 Å². The SMILES string of the molecule is CCc1cc(COc2c(N)cccc2Br)n(C)n1. The molecule has 1 aromatic heterocycles. The summed E-state index contributed by atoms with van der Waals surface area (Å²) in [5.74, 6) is 0.678. The number of ether oxygens (including phenoxy) is 1. The summed E-state index contributed by atoms with van der Waals surface area (Å²) in [6.45, 7) is 2.54. The van der Waals surface area contributed by atoms with Gasteiger partial charge in [0.2, 0.25) is 0 Å². The predicted molar refractivity (Wildman–Crippen MR) is 75.5 cm³/mol. The molecule has 1 aromatic carbocycles. The van der Waals surface area contributed by atoms with Crippen LogP contribution in [0, 0.1) is 0 Å². The van der Waals surface area contributed by atoms with Gasteiger partial charge in [0.05, 0.1) is 21.5 Å². The smallest absolute Gasteiger partial charge is 0.156 e. The lowest BCUT2D eigenvalue weighted by Crippen LogP contribution is -2.04. The number of aryl methyl sites for hydroxylation is 2. The number of halogens is 1. The average Bonchev–Trinajstić information content (AvgIpc) is 2.70. The van der Waals surface area contributed by atoms with E-state index in [0.717, 1.165) is 22.3 Å². The Morgan fingerprint density at radius 2 is 2.22 bits per heavy atom. The summed E-state index contributed by atoms with van der Waals surface area (Å²) < 4.78 is 8.46. The van der Waals surface area contributed by atoms with E-state index in [1.165, 1.54) is 0 Å². The first-order valence-corrected chi connectivity index (χ1v) is 6.59. The maximum absolute atomic E-state index is 5.88. The minimum atomic E-state index is 0.455. The Balaban J connectivity index is 2.14. The number of hydrogen-bond acceptors (Lipinski definition) is 3. The van der Waals surface area contributed by atoms with Crippen LogP contribution in [0.4, 0.5) is 5.69 Å². The molecule has 18 heavy (non-hydrogen) atoms. The van der Waals surface area contributed by atoms with Crippen LogP contribution in [0.2, 0.25) is 0 Å². The van der Waals surface area contributed by atoms with E-state index in [1.54, 1.807) is 0 Å². The minimum Gasteiger partial charge on any atom is -0.484 e. The van der Waals surface area contributed by atoms with Gasteiger partial charge in [-0.3, -0.25) is 4.68 Å². The van der Waals surface area contributed by atoms with Gasteiger partial charge in [-0.25, -0.2) is 0 Å². The molecule has 0 aliphatic heterocycles. The first kappa shape index (κ1) is 13.0. The zero-order valence-electron chi connectivity index (χ0n) is 10.5. The van der Waals surface area contributed by atoms with Gasteiger partial charge in [-0.05, 0) is 40.5 Å². The molecule has 0 spiro atoms. The third-order valence-electron chi connectivity index (χ3n) is 2.75. The van der Waals surface area contributed by atoms with Gasteiger partial charge < -0.3 is 10.5 Å². The molecule has 0 aliphatic carbocycles. The Labute approximate surface area is 115 Å². The fourth-order valence-electron chi connectivity index (χ4n) is 1.70. The van der Waals surface area contributed by atoms with Crippen LogP contribution in [0.5, 0.6) is 5.75 Å². The van der Waals surface area contributed by atoms with E-state index in [9.17, 15) is 0 Å². The molecule has 0 fully saturated rings. The summed E-state index contributed by atoms with van der Waals surface area (Å²) >= 11 is 3.43. The van der Waals surface area contributed by atoms with Gasteiger partial charge in [-0.15, -0.1) is 0 Å². The van der Waals surface area contributed by atoms with Crippen molar-refractivity contribution >= 4 is 21.6 Å². The topological polar surface area (TPSA) is 53.1 Å². The van der Waals surface area contributed by atoms with Gasteiger partial charge in [0, 0.05) is 7.05 Å². The van der Waals surface area contributed by atoms with E-state index < -0.39 is 0 Å². The second-order valence-electron chi connectivity index (χ2n) is 4.05. The van der Waals surface area contributed by atoms with Crippen molar-refractivity contribution in [2.45, 2.75) is 20.0 Å². The molecule has 2 aromatic rings. The number of para-hydroxylation sites is 1. The Morgan fingerprint density at radius 1 is 1.44 bits per heavy atom. The van der Waals surface area contributed by atoms with Crippen LogP contribution < -0.4 is 10.5 Å². The molecule has 0 saturated carbocycles. The van der Waals surface area contributed by atoms with E-state index >= 15 is 0 Å². The van der Waals surface area contributed by atoms with Crippen molar-refractivity contribution in [2.75, 3.05) is 5.73 Å². The maximum Gasteiger partial charge on any atom is 0.156 e. The lowest BCUT2D eigenvalue weighted by molar-refractivity contribution is 0.294. The van der Waals surface area contributed by atoms with E-state index in [-0.39, 0.29) is 0 Å². The first-order valence-electron chi connectivity index (χ1n) is 5.80. The van der Waals surface area contributed by atoms with Crippen LogP contribution in [-0.4, -0.2) is 9.78 Å². The highest BCUT2D eigenvalue weighted by molar-refractivity contribution is 9.10. The van der Waals surface area contributed by atoms with Crippen molar-refractivity contribution in [1.82, 2.24) is 9.78 Å². The predicted octanol–water partition coefficient (Wildman–Crippen LogP) is 2.91.